The van der Waals surface area contributed by atoms with Crippen LogP contribution >= 0.6 is 0 Å². The van der Waals surface area contributed by atoms with E-state index in [9.17, 15) is 18.0 Å². The summed E-state index contributed by atoms with van der Waals surface area (Å²) in [7, 11) is 0. The summed E-state index contributed by atoms with van der Waals surface area (Å²) in [6.07, 6.45) is -3.62. The maximum Gasteiger partial charge on any atom is 0.573 e. The van der Waals surface area contributed by atoms with Gasteiger partial charge < -0.3 is 9.53 Å². The van der Waals surface area contributed by atoms with Gasteiger partial charge in [-0.3, -0.25) is 0 Å². The molecule has 1 aromatic carbocycles. The van der Waals surface area contributed by atoms with Crippen molar-refractivity contribution in [3.05, 3.63) is 29.3 Å². The molecule has 0 radical (unpaired) electrons. The van der Waals surface area contributed by atoms with E-state index < -0.39 is 6.36 Å². The zero-order chi connectivity index (χ0) is 12.2. The number of benzene rings is 1. The van der Waals surface area contributed by atoms with E-state index in [2.05, 4.69) is 4.74 Å². The molecule has 0 amide bonds. The fourth-order valence-corrected chi connectivity index (χ4v) is 1.39. The van der Waals surface area contributed by atoms with Crippen molar-refractivity contribution >= 4 is 6.29 Å². The predicted octanol–water partition coefficient (Wildman–Crippen LogP) is 3.03. The number of ether oxygens (including phenoxy) is 1. The van der Waals surface area contributed by atoms with Crippen LogP contribution in [0.25, 0.3) is 0 Å². The Morgan fingerprint density at radius 3 is 2.62 bits per heavy atom. The third-order valence-electron chi connectivity index (χ3n) is 2.04. The highest BCUT2D eigenvalue weighted by molar-refractivity contribution is 5.51. The Kier molecular flexibility index (Phi) is 3.93. The molecule has 0 aliphatic carbocycles. The fourth-order valence-electron chi connectivity index (χ4n) is 1.39. The summed E-state index contributed by atoms with van der Waals surface area (Å²) in [5.74, 6) is -0.197. The van der Waals surface area contributed by atoms with E-state index in [4.69, 9.17) is 0 Å². The lowest BCUT2D eigenvalue weighted by molar-refractivity contribution is -0.275. The Morgan fingerprint density at radius 2 is 2.06 bits per heavy atom. The summed E-state index contributed by atoms with van der Waals surface area (Å²) in [6, 6.07) is 4.70. The molecule has 0 spiro atoms. The van der Waals surface area contributed by atoms with Gasteiger partial charge in [-0.1, -0.05) is 18.2 Å². The second-order valence-electron chi connectivity index (χ2n) is 3.32. The van der Waals surface area contributed by atoms with Crippen molar-refractivity contribution < 1.29 is 22.7 Å². The van der Waals surface area contributed by atoms with Crippen LogP contribution in [0.2, 0.25) is 0 Å². The van der Waals surface area contributed by atoms with Gasteiger partial charge in [0.05, 0.1) is 0 Å². The molecule has 16 heavy (non-hydrogen) atoms. The lowest BCUT2D eigenvalue weighted by atomic mass is 10.1. The number of rotatable bonds is 4. The van der Waals surface area contributed by atoms with Crippen molar-refractivity contribution in [3.63, 3.8) is 0 Å². The predicted molar refractivity (Wildman–Crippen MR) is 52.2 cm³/mol. The van der Waals surface area contributed by atoms with Gasteiger partial charge in [0.2, 0.25) is 0 Å². The summed E-state index contributed by atoms with van der Waals surface area (Å²) >= 11 is 0. The molecule has 0 fully saturated rings. The van der Waals surface area contributed by atoms with Crippen molar-refractivity contribution in [1.29, 1.82) is 0 Å². The number of aldehydes is 1. The van der Waals surface area contributed by atoms with Crippen LogP contribution in [0.5, 0.6) is 5.75 Å². The lowest BCUT2D eigenvalue weighted by Gasteiger charge is -2.14. The van der Waals surface area contributed by atoms with Crippen LogP contribution in [-0.4, -0.2) is 12.6 Å². The minimum absolute atomic E-state index is 0.178. The van der Waals surface area contributed by atoms with E-state index in [0.717, 1.165) is 0 Å². The molecule has 1 aromatic rings. The first-order chi connectivity index (χ1) is 7.44. The van der Waals surface area contributed by atoms with E-state index in [1.807, 2.05) is 0 Å². The van der Waals surface area contributed by atoms with Crippen molar-refractivity contribution in [2.45, 2.75) is 26.1 Å². The van der Waals surface area contributed by atoms with Crippen molar-refractivity contribution in [2.75, 3.05) is 0 Å². The van der Waals surface area contributed by atoms with Crippen LogP contribution in [-0.2, 0) is 11.2 Å². The van der Waals surface area contributed by atoms with E-state index in [1.165, 1.54) is 19.1 Å². The molecule has 0 N–H and O–H groups in total. The average molecular weight is 232 g/mol. The first-order valence-electron chi connectivity index (χ1n) is 4.72. The number of aryl methyl sites for hydroxylation is 2. The molecule has 0 aliphatic rings. The van der Waals surface area contributed by atoms with Gasteiger partial charge in [0, 0.05) is 6.42 Å². The second-order valence-corrected chi connectivity index (χ2v) is 3.32. The molecule has 0 saturated carbocycles. The first-order valence-corrected chi connectivity index (χ1v) is 4.72. The van der Waals surface area contributed by atoms with Gasteiger partial charge in [-0.2, -0.15) is 0 Å². The highest BCUT2D eigenvalue weighted by atomic mass is 19.4. The van der Waals surface area contributed by atoms with E-state index in [1.54, 1.807) is 6.07 Å². The Labute approximate surface area is 91.0 Å². The largest absolute Gasteiger partial charge is 0.573 e. The van der Waals surface area contributed by atoms with E-state index in [0.29, 0.717) is 17.4 Å². The number of halogens is 3. The molecular formula is C11H11F3O2. The molecule has 0 aliphatic heterocycles. The Morgan fingerprint density at radius 1 is 1.38 bits per heavy atom. The van der Waals surface area contributed by atoms with Crippen molar-refractivity contribution in [1.82, 2.24) is 0 Å². The monoisotopic (exact) mass is 232 g/mol. The van der Waals surface area contributed by atoms with E-state index in [-0.39, 0.29) is 18.6 Å². The Hall–Kier alpha value is -1.52. The lowest BCUT2D eigenvalue weighted by Crippen LogP contribution is -2.19. The minimum Gasteiger partial charge on any atom is -0.405 e. The standard InChI is InChI=1S/C11H11F3O2/c1-8-4-2-5-9(6-3-7-15)10(8)16-11(12,13)14/h2,4-5,7H,3,6H2,1H3. The Balaban J connectivity index is 2.98. The topological polar surface area (TPSA) is 26.3 Å². The smallest absolute Gasteiger partial charge is 0.405 e. The van der Waals surface area contributed by atoms with E-state index >= 15 is 0 Å². The number of alkyl halides is 3. The first kappa shape index (κ1) is 12.5. The fraction of sp³-hybridized carbons (Fsp3) is 0.364. The highest BCUT2D eigenvalue weighted by Crippen LogP contribution is 2.30. The number of para-hydroxylation sites is 1. The molecule has 2 nitrogen and oxygen atoms in total. The molecule has 0 atom stereocenters. The maximum absolute atomic E-state index is 12.1. The van der Waals surface area contributed by atoms with Gasteiger partial charge in [-0.15, -0.1) is 13.2 Å². The highest BCUT2D eigenvalue weighted by Gasteiger charge is 2.32. The van der Waals surface area contributed by atoms with Gasteiger partial charge in [0.25, 0.3) is 0 Å². The van der Waals surface area contributed by atoms with Crippen molar-refractivity contribution in [2.24, 2.45) is 0 Å². The summed E-state index contributed by atoms with van der Waals surface area (Å²) in [5, 5.41) is 0. The number of carbonyl (C=O) groups is 1. The van der Waals surface area contributed by atoms with Crippen LogP contribution < -0.4 is 4.74 Å². The van der Waals surface area contributed by atoms with Gasteiger partial charge in [0.15, 0.2) is 0 Å². The number of hydrogen-bond acceptors (Lipinski definition) is 2. The average Bonchev–Trinajstić information content (AvgIpc) is 2.17. The summed E-state index contributed by atoms with van der Waals surface area (Å²) < 4.78 is 40.3. The third kappa shape index (κ3) is 3.56. The molecular weight excluding hydrogens is 221 g/mol. The molecule has 0 unspecified atom stereocenters. The SMILES string of the molecule is Cc1cccc(CCC=O)c1OC(F)(F)F. The zero-order valence-electron chi connectivity index (χ0n) is 8.67. The van der Waals surface area contributed by atoms with Crippen LogP contribution in [0, 0.1) is 6.92 Å². The summed E-state index contributed by atoms with van der Waals surface area (Å²) in [4.78, 5) is 10.2. The number of carbonyl (C=O) groups excluding carboxylic acids is 1. The molecule has 0 aromatic heterocycles. The Bertz CT molecular complexity index is 372. The second kappa shape index (κ2) is 5.01. The quantitative estimate of drug-likeness (QED) is 0.746. The van der Waals surface area contributed by atoms with Crippen LogP contribution in [0.3, 0.4) is 0 Å². The van der Waals surface area contributed by atoms with Gasteiger partial charge in [0.1, 0.15) is 12.0 Å². The van der Waals surface area contributed by atoms with Crippen LogP contribution in [0.1, 0.15) is 17.5 Å². The molecule has 0 saturated heterocycles. The third-order valence-corrected chi connectivity index (χ3v) is 2.04. The van der Waals surface area contributed by atoms with Crippen LogP contribution in [0.15, 0.2) is 18.2 Å². The van der Waals surface area contributed by atoms with Crippen molar-refractivity contribution in [3.8, 4) is 5.75 Å². The van der Waals surface area contributed by atoms with Gasteiger partial charge in [-0.05, 0) is 24.5 Å². The zero-order valence-corrected chi connectivity index (χ0v) is 8.67. The number of hydrogen-bond donors (Lipinski definition) is 0. The summed E-state index contributed by atoms with van der Waals surface area (Å²) in [6.45, 7) is 1.53. The molecule has 0 heterocycles. The molecule has 1 rings (SSSR count). The minimum atomic E-state index is -4.71. The van der Waals surface area contributed by atoms with Gasteiger partial charge >= 0.3 is 6.36 Å². The molecule has 0 bridgehead atoms. The molecule has 88 valence electrons. The normalized spacial score (nSPS) is 11.2. The van der Waals surface area contributed by atoms with Crippen LogP contribution in [0.4, 0.5) is 13.2 Å². The molecule has 5 heteroatoms. The summed E-state index contributed by atoms with van der Waals surface area (Å²) in [5.41, 5.74) is 0.796. The maximum atomic E-state index is 12.1. The van der Waals surface area contributed by atoms with Gasteiger partial charge in [-0.25, -0.2) is 0 Å².